The summed E-state index contributed by atoms with van der Waals surface area (Å²) >= 11 is 0. The Hall–Kier alpha value is -1.06. The van der Waals surface area contributed by atoms with Gasteiger partial charge in [0.05, 0.1) is 12.7 Å². The summed E-state index contributed by atoms with van der Waals surface area (Å²) in [7, 11) is 0. The minimum Gasteiger partial charge on any atom is -0.508 e. The van der Waals surface area contributed by atoms with Gasteiger partial charge < -0.3 is 14.6 Å². The number of phenolic OH excluding ortho intramolecular Hbond substituents is 1. The first-order chi connectivity index (χ1) is 6.60. The van der Waals surface area contributed by atoms with E-state index in [4.69, 9.17) is 9.47 Å². The monoisotopic (exact) mass is 194 g/mol. The van der Waals surface area contributed by atoms with Gasteiger partial charge >= 0.3 is 0 Å². The molecule has 1 aromatic carbocycles. The number of hydrogen-bond acceptors (Lipinski definition) is 3. The molecule has 0 aliphatic carbocycles. The molecule has 76 valence electrons. The molecule has 0 amide bonds. The van der Waals surface area contributed by atoms with E-state index in [0.717, 1.165) is 5.56 Å². The highest BCUT2D eigenvalue weighted by Gasteiger charge is 2.36. The van der Waals surface area contributed by atoms with Gasteiger partial charge in [0.2, 0.25) is 0 Å². The molecule has 1 aliphatic heterocycles. The molecule has 0 spiro atoms. The zero-order valence-corrected chi connectivity index (χ0v) is 8.36. The number of rotatable bonds is 1. The summed E-state index contributed by atoms with van der Waals surface area (Å²) < 4.78 is 11.2. The number of aromatic hydroxyl groups is 1. The molecule has 0 bridgehead atoms. The predicted molar refractivity (Wildman–Crippen MR) is 52.0 cm³/mol. The summed E-state index contributed by atoms with van der Waals surface area (Å²) in [6.07, 6.45) is 0.0994. The van der Waals surface area contributed by atoms with Crippen LogP contribution in [0.4, 0.5) is 0 Å². The highest BCUT2D eigenvalue weighted by Crippen LogP contribution is 2.34. The highest BCUT2D eigenvalue weighted by atomic mass is 16.7. The molecule has 1 saturated heterocycles. The number of ether oxygens (including phenoxy) is 2. The first-order valence-corrected chi connectivity index (χ1v) is 4.71. The Morgan fingerprint density at radius 1 is 1.50 bits per heavy atom. The van der Waals surface area contributed by atoms with E-state index in [9.17, 15) is 5.11 Å². The van der Waals surface area contributed by atoms with Crippen LogP contribution in [0.25, 0.3) is 0 Å². The van der Waals surface area contributed by atoms with Gasteiger partial charge in [-0.05, 0) is 26.0 Å². The third kappa shape index (κ3) is 1.61. The maximum Gasteiger partial charge on any atom is 0.192 e. The lowest BCUT2D eigenvalue weighted by atomic mass is 10.1. The van der Waals surface area contributed by atoms with Crippen LogP contribution in [0.15, 0.2) is 24.3 Å². The van der Waals surface area contributed by atoms with Crippen molar-refractivity contribution in [2.75, 3.05) is 6.61 Å². The molecule has 2 rings (SSSR count). The van der Waals surface area contributed by atoms with Crippen LogP contribution in [-0.4, -0.2) is 17.8 Å². The summed E-state index contributed by atoms with van der Waals surface area (Å²) in [5.74, 6) is -0.478. The van der Waals surface area contributed by atoms with Crippen molar-refractivity contribution in [2.24, 2.45) is 0 Å². The fraction of sp³-hybridized carbons (Fsp3) is 0.455. The fourth-order valence-electron chi connectivity index (χ4n) is 1.67. The van der Waals surface area contributed by atoms with E-state index in [0.29, 0.717) is 6.61 Å². The van der Waals surface area contributed by atoms with Gasteiger partial charge in [-0.15, -0.1) is 0 Å². The maximum absolute atomic E-state index is 9.34. The second kappa shape index (κ2) is 3.26. The average Bonchev–Trinajstić information content (AvgIpc) is 2.48. The van der Waals surface area contributed by atoms with Crippen molar-refractivity contribution in [2.45, 2.75) is 25.7 Å². The van der Waals surface area contributed by atoms with Gasteiger partial charge in [0, 0.05) is 5.56 Å². The van der Waals surface area contributed by atoms with Gasteiger partial charge in [-0.3, -0.25) is 0 Å². The van der Waals surface area contributed by atoms with E-state index in [1.807, 2.05) is 19.9 Å². The Bertz CT molecular complexity index is 337. The second-order valence-corrected chi connectivity index (χ2v) is 3.74. The minimum atomic E-state index is -0.710. The van der Waals surface area contributed by atoms with Crippen molar-refractivity contribution < 1.29 is 14.6 Å². The summed E-state index contributed by atoms with van der Waals surface area (Å²) in [5.41, 5.74) is 0.849. The summed E-state index contributed by atoms with van der Waals surface area (Å²) in [6.45, 7) is 4.42. The van der Waals surface area contributed by atoms with Crippen LogP contribution in [-0.2, 0) is 15.3 Å². The molecule has 2 atom stereocenters. The third-order valence-electron chi connectivity index (χ3n) is 2.39. The molecule has 0 radical (unpaired) electrons. The van der Waals surface area contributed by atoms with Crippen LogP contribution >= 0.6 is 0 Å². The van der Waals surface area contributed by atoms with Gasteiger partial charge in [-0.2, -0.15) is 0 Å². The van der Waals surface area contributed by atoms with Gasteiger partial charge in [0.1, 0.15) is 5.75 Å². The molecule has 14 heavy (non-hydrogen) atoms. The van der Waals surface area contributed by atoms with E-state index < -0.39 is 5.79 Å². The molecule has 1 heterocycles. The zero-order valence-electron chi connectivity index (χ0n) is 8.36. The Labute approximate surface area is 83.3 Å². The molecule has 1 fully saturated rings. The van der Waals surface area contributed by atoms with Crippen molar-refractivity contribution in [3.8, 4) is 5.75 Å². The van der Waals surface area contributed by atoms with E-state index >= 15 is 0 Å². The molecule has 1 aliphatic rings. The summed E-state index contributed by atoms with van der Waals surface area (Å²) in [6, 6.07) is 6.96. The van der Waals surface area contributed by atoms with Crippen molar-refractivity contribution in [3.05, 3.63) is 29.8 Å². The lowest BCUT2D eigenvalue weighted by Gasteiger charge is -2.23. The Balaban J connectivity index is 2.30. The molecule has 3 nitrogen and oxygen atoms in total. The van der Waals surface area contributed by atoms with Crippen LogP contribution in [0.5, 0.6) is 5.75 Å². The lowest BCUT2D eigenvalue weighted by molar-refractivity contribution is -0.159. The van der Waals surface area contributed by atoms with Gasteiger partial charge in [-0.1, -0.05) is 12.1 Å². The first kappa shape index (κ1) is 9.49. The van der Waals surface area contributed by atoms with E-state index in [1.54, 1.807) is 18.2 Å². The smallest absolute Gasteiger partial charge is 0.192 e. The maximum atomic E-state index is 9.34. The molecule has 2 unspecified atom stereocenters. The van der Waals surface area contributed by atoms with Crippen molar-refractivity contribution >= 4 is 0 Å². The lowest BCUT2D eigenvalue weighted by Crippen LogP contribution is -2.23. The summed E-state index contributed by atoms with van der Waals surface area (Å²) in [5, 5.41) is 9.34. The molecule has 0 aromatic heterocycles. The first-order valence-electron chi connectivity index (χ1n) is 4.71. The molecule has 0 saturated carbocycles. The number of benzene rings is 1. The predicted octanol–water partition coefficient (Wildman–Crippen LogP) is 2.00. The largest absolute Gasteiger partial charge is 0.508 e. The fourth-order valence-corrected chi connectivity index (χ4v) is 1.67. The van der Waals surface area contributed by atoms with Crippen LogP contribution in [0.3, 0.4) is 0 Å². The Kier molecular flexibility index (Phi) is 2.21. The quantitative estimate of drug-likeness (QED) is 0.743. The van der Waals surface area contributed by atoms with Crippen molar-refractivity contribution in [1.29, 1.82) is 0 Å². The Morgan fingerprint density at radius 3 is 2.86 bits per heavy atom. The highest BCUT2D eigenvalue weighted by molar-refractivity contribution is 5.30. The van der Waals surface area contributed by atoms with Crippen LogP contribution in [0.2, 0.25) is 0 Å². The third-order valence-corrected chi connectivity index (χ3v) is 2.39. The standard InChI is InChI=1S/C11H14O3/c1-8-7-13-11(2,14-8)9-4-3-5-10(12)6-9/h3-6,8,12H,7H2,1-2H3. The van der Waals surface area contributed by atoms with E-state index in [1.165, 1.54) is 0 Å². The molecule has 1 aromatic rings. The Morgan fingerprint density at radius 2 is 2.29 bits per heavy atom. The number of phenols is 1. The molecular weight excluding hydrogens is 180 g/mol. The van der Waals surface area contributed by atoms with Crippen LogP contribution in [0, 0.1) is 0 Å². The van der Waals surface area contributed by atoms with E-state index in [2.05, 4.69) is 0 Å². The van der Waals surface area contributed by atoms with E-state index in [-0.39, 0.29) is 11.9 Å². The van der Waals surface area contributed by atoms with Crippen molar-refractivity contribution in [3.63, 3.8) is 0 Å². The topological polar surface area (TPSA) is 38.7 Å². The average molecular weight is 194 g/mol. The van der Waals surface area contributed by atoms with Crippen LogP contribution < -0.4 is 0 Å². The van der Waals surface area contributed by atoms with Crippen molar-refractivity contribution in [1.82, 2.24) is 0 Å². The molecule has 1 N–H and O–H groups in total. The van der Waals surface area contributed by atoms with Gasteiger partial charge in [-0.25, -0.2) is 0 Å². The zero-order chi connectivity index (χ0) is 10.2. The summed E-state index contributed by atoms with van der Waals surface area (Å²) in [4.78, 5) is 0. The normalized spacial score (nSPS) is 32.0. The van der Waals surface area contributed by atoms with Crippen LogP contribution in [0.1, 0.15) is 19.4 Å². The van der Waals surface area contributed by atoms with Gasteiger partial charge in [0.15, 0.2) is 5.79 Å². The SMILES string of the molecule is CC1COC(C)(c2cccc(O)c2)O1. The minimum absolute atomic E-state index is 0.0994. The molecular formula is C11H14O3. The second-order valence-electron chi connectivity index (χ2n) is 3.74. The van der Waals surface area contributed by atoms with Gasteiger partial charge in [0.25, 0.3) is 0 Å². The molecule has 3 heteroatoms. The number of hydrogen-bond donors (Lipinski definition) is 1.